The highest BCUT2D eigenvalue weighted by atomic mass is 16.5. The summed E-state index contributed by atoms with van der Waals surface area (Å²) < 4.78 is 5.30. The van der Waals surface area contributed by atoms with E-state index in [-0.39, 0.29) is 0 Å². The molecule has 0 saturated carbocycles. The zero-order chi connectivity index (χ0) is 17.7. The molecule has 3 heteroatoms. The van der Waals surface area contributed by atoms with E-state index in [4.69, 9.17) is 9.72 Å². The van der Waals surface area contributed by atoms with Gasteiger partial charge in [-0.05, 0) is 49.4 Å². The number of rotatable bonds is 2. The molecule has 1 N–H and O–H groups in total. The van der Waals surface area contributed by atoms with Crippen LogP contribution in [-0.4, -0.2) is 17.1 Å². The van der Waals surface area contributed by atoms with Crippen molar-refractivity contribution in [2.75, 3.05) is 7.11 Å². The van der Waals surface area contributed by atoms with E-state index in [9.17, 15) is 0 Å². The molecule has 26 heavy (non-hydrogen) atoms. The minimum atomic E-state index is 0.845. The van der Waals surface area contributed by atoms with E-state index in [0.29, 0.717) is 0 Å². The van der Waals surface area contributed by atoms with Crippen molar-refractivity contribution in [1.29, 1.82) is 0 Å². The Hall–Kier alpha value is -3.33. The standard InChI is InChI=1S/C23H18N2O/c1-14-7-12-20-18(13-14)21-17-5-3-4-6-19(17)25-23(21)22(24-20)15-8-10-16(26-2)11-9-15/h3-13,25H,1-2H3. The first-order valence-corrected chi connectivity index (χ1v) is 8.70. The summed E-state index contributed by atoms with van der Waals surface area (Å²) >= 11 is 0. The zero-order valence-corrected chi connectivity index (χ0v) is 14.7. The topological polar surface area (TPSA) is 37.9 Å². The van der Waals surface area contributed by atoms with Gasteiger partial charge in [0.1, 0.15) is 5.75 Å². The molecule has 0 aliphatic heterocycles. The molecule has 0 atom stereocenters. The van der Waals surface area contributed by atoms with Crippen LogP contribution in [0.3, 0.4) is 0 Å². The molecule has 2 aromatic heterocycles. The number of benzene rings is 3. The summed E-state index contributed by atoms with van der Waals surface area (Å²) in [6.07, 6.45) is 0. The van der Waals surface area contributed by atoms with Crippen molar-refractivity contribution in [3.63, 3.8) is 0 Å². The third-order valence-corrected chi connectivity index (χ3v) is 4.96. The second kappa shape index (κ2) is 5.60. The number of aromatic amines is 1. The van der Waals surface area contributed by atoms with Crippen LogP contribution in [0, 0.1) is 6.92 Å². The lowest BCUT2D eigenvalue weighted by atomic mass is 10.0. The van der Waals surface area contributed by atoms with Crippen LogP contribution in [0.1, 0.15) is 5.56 Å². The molecule has 0 unspecified atom stereocenters. The van der Waals surface area contributed by atoms with E-state index < -0.39 is 0 Å². The predicted octanol–water partition coefficient (Wildman–Crippen LogP) is 5.85. The Balaban J connectivity index is 1.94. The summed E-state index contributed by atoms with van der Waals surface area (Å²) in [6, 6.07) is 23.0. The maximum atomic E-state index is 5.30. The van der Waals surface area contributed by atoms with Gasteiger partial charge in [0.25, 0.3) is 0 Å². The molecule has 0 fully saturated rings. The van der Waals surface area contributed by atoms with Gasteiger partial charge >= 0.3 is 0 Å². The minimum absolute atomic E-state index is 0.845. The Bertz CT molecular complexity index is 1270. The van der Waals surface area contributed by atoms with Crippen molar-refractivity contribution in [1.82, 2.24) is 9.97 Å². The molecule has 0 amide bonds. The van der Waals surface area contributed by atoms with Crippen LogP contribution < -0.4 is 4.74 Å². The fourth-order valence-electron chi connectivity index (χ4n) is 3.68. The number of nitrogens with one attached hydrogen (secondary N) is 1. The van der Waals surface area contributed by atoms with E-state index >= 15 is 0 Å². The first-order chi connectivity index (χ1) is 12.7. The SMILES string of the molecule is COc1ccc(-c2nc3ccc(C)cc3c3c2[nH]c2ccccc23)cc1. The van der Waals surface area contributed by atoms with Gasteiger partial charge in [-0.1, -0.05) is 29.8 Å². The van der Waals surface area contributed by atoms with Crippen LogP contribution in [0.25, 0.3) is 44.0 Å². The van der Waals surface area contributed by atoms with Crippen LogP contribution >= 0.6 is 0 Å². The maximum absolute atomic E-state index is 5.30. The van der Waals surface area contributed by atoms with Gasteiger partial charge in [-0.25, -0.2) is 4.98 Å². The first kappa shape index (κ1) is 15.0. The third-order valence-electron chi connectivity index (χ3n) is 4.96. The van der Waals surface area contributed by atoms with Crippen LogP contribution in [0.4, 0.5) is 0 Å². The second-order valence-corrected chi connectivity index (χ2v) is 6.63. The molecular formula is C23H18N2O. The maximum Gasteiger partial charge on any atom is 0.118 e. The molecule has 0 saturated heterocycles. The first-order valence-electron chi connectivity index (χ1n) is 8.70. The molecule has 5 rings (SSSR count). The fourth-order valence-corrected chi connectivity index (χ4v) is 3.68. The Labute approximate surface area is 151 Å². The van der Waals surface area contributed by atoms with Crippen LogP contribution in [0.5, 0.6) is 5.75 Å². The number of ether oxygens (including phenoxy) is 1. The molecule has 0 spiro atoms. The van der Waals surface area contributed by atoms with Gasteiger partial charge in [0.2, 0.25) is 0 Å². The van der Waals surface area contributed by atoms with Crippen molar-refractivity contribution >= 4 is 32.7 Å². The van der Waals surface area contributed by atoms with E-state index in [1.807, 2.05) is 12.1 Å². The summed E-state index contributed by atoms with van der Waals surface area (Å²) in [6.45, 7) is 2.12. The highest BCUT2D eigenvalue weighted by Gasteiger charge is 2.15. The van der Waals surface area contributed by atoms with Crippen LogP contribution in [0.15, 0.2) is 66.7 Å². The normalized spacial score (nSPS) is 11.5. The molecule has 3 aromatic carbocycles. The van der Waals surface area contributed by atoms with Gasteiger partial charge in [-0.15, -0.1) is 0 Å². The monoisotopic (exact) mass is 338 g/mol. The number of aromatic nitrogens is 2. The van der Waals surface area contributed by atoms with E-state index in [2.05, 4.69) is 66.5 Å². The Morgan fingerprint density at radius 3 is 2.50 bits per heavy atom. The fraction of sp³-hybridized carbons (Fsp3) is 0.0870. The summed E-state index contributed by atoms with van der Waals surface area (Å²) in [5, 5.41) is 3.66. The molecule has 0 aliphatic carbocycles. The summed E-state index contributed by atoms with van der Waals surface area (Å²) in [5.41, 5.74) is 6.50. The van der Waals surface area contributed by atoms with Crippen molar-refractivity contribution in [2.45, 2.75) is 6.92 Å². The average molecular weight is 338 g/mol. The number of H-pyrrole nitrogens is 1. The van der Waals surface area contributed by atoms with Crippen molar-refractivity contribution in [3.05, 3.63) is 72.3 Å². The second-order valence-electron chi connectivity index (χ2n) is 6.63. The smallest absolute Gasteiger partial charge is 0.118 e. The van der Waals surface area contributed by atoms with Crippen molar-refractivity contribution in [3.8, 4) is 17.0 Å². The number of aryl methyl sites for hydroxylation is 1. The predicted molar refractivity (Wildman–Crippen MR) is 108 cm³/mol. The van der Waals surface area contributed by atoms with Gasteiger partial charge in [0.15, 0.2) is 0 Å². The molecule has 0 aliphatic rings. The third kappa shape index (κ3) is 2.17. The van der Waals surface area contributed by atoms with Crippen LogP contribution in [-0.2, 0) is 0 Å². The van der Waals surface area contributed by atoms with Gasteiger partial charge in [-0.3, -0.25) is 0 Å². The zero-order valence-electron chi connectivity index (χ0n) is 14.7. The van der Waals surface area contributed by atoms with Gasteiger partial charge < -0.3 is 9.72 Å². The summed E-state index contributed by atoms with van der Waals surface area (Å²) in [7, 11) is 1.68. The molecule has 126 valence electrons. The summed E-state index contributed by atoms with van der Waals surface area (Å²) in [4.78, 5) is 8.58. The van der Waals surface area contributed by atoms with Gasteiger partial charge in [0, 0.05) is 27.2 Å². The Morgan fingerprint density at radius 1 is 0.885 bits per heavy atom. The number of hydrogen-bond acceptors (Lipinski definition) is 2. The molecule has 5 aromatic rings. The number of fused-ring (bicyclic) bond motifs is 5. The molecule has 2 heterocycles. The van der Waals surface area contributed by atoms with Crippen molar-refractivity contribution in [2.24, 2.45) is 0 Å². The number of nitrogens with zero attached hydrogens (tertiary/aromatic N) is 1. The lowest BCUT2D eigenvalue weighted by molar-refractivity contribution is 0.415. The van der Waals surface area contributed by atoms with E-state index in [1.165, 1.54) is 21.7 Å². The van der Waals surface area contributed by atoms with E-state index in [1.54, 1.807) is 7.11 Å². The molecule has 3 nitrogen and oxygen atoms in total. The number of pyridine rings is 1. The average Bonchev–Trinajstić information content (AvgIpc) is 3.07. The minimum Gasteiger partial charge on any atom is -0.497 e. The molecule has 0 radical (unpaired) electrons. The van der Waals surface area contributed by atoms with Crippen LogP contribution in [0.2, 0.25) is 0 Å². The van der Waals surface area contributed by atoms with E-state index in [0.717, 1.165) is 33.6 Å². The lowest BCUT2D eigenvalue weighted by Gasteiger charge is -2.08. The Kier molecular flexibility index (Phi) is 3.22. The Morgan fingerprint density at radius 2 is 1.69 bits per heavy atom. The number of para-hydroxylation sites is 1. The number of hydrogen-bond donors (Lipinski definition) is 1. The van der Waals surface area contributed by atoms with Gasteiger partial charge in [0.05, 0.1) is 23.8 Å². The molecular weight excluding hydrogens is 320 g/mol. The molecule has 0 bridgehead atoms. The highest BCUT2D eigenvalue weighted by Crippen LogP contribution is 2.37. The number of methoxy groups -OCH3 is 1. The van der Waals surface area contributed by atoms with Gasteiger partial charge in [-0.2, -0.15) is 0 Å². The lowest BCUT2D eigenvalue weighted by Crippen LogP contribution is -1.90. The highest BCUT2D eigenvalue weighted by molar-refractivity contribution is 6.22. The largest absolute Gasteiger partial charge is 0.497 e. The summed E-state index contributed by atoms with van der Waals surface area (Å²) in [5.74, 6) is 0.845. The quantitative estimate of drug-likeness (QED) is 0.438. The van der Waals surface area contributed by atoms with Crippen molar-refractivity contribution < 1.29 is 4.74 Å².